The number of aromatic nitrogens is 3. The van der Waals surface area contributed by atoms with Crippen LogP contribution in [0.3, 0.4) is 0 Å². The molecule has 0 atom stereocenters. The number of Topliss-reactive ketones (excluding diaryl/α,β-unsaturated/α-hetero) is 1. The molecule has 150 valence electrons. The van der Waals surface area contributed by atoms with E-state index in [1.807, 2.05) is 18.2 Å². The van der Waals surface area contributed by atoms with Gasteiger partial charge in [-0.2, -0.15) is 5.10 Å². The first kappa shape index (κ1) is 19.3. The lowest BCUT2D eigenvalue weighted by Crippen LogP contribution is -2.13. The number of hydrogen-bond acceptors (Lipinski definition) is 7. The first-order chi connectivity index (χ1) is 14.1. The molecular formula is C20H20N4O4S. The first-order valence-electron chi connectivity index (χ1n) is 9.25. The largest absolute Gasteiger partial charge is 0.475 e. The number of ether oxygens (including phenoxy) is 2. The molecular weight excluding hydrogens is 392 g/mol. The molecule has 3 aromatic rings. The molecule has 8 nitrogen and oxygen atoms in total. The number of thiophene rings is 1. The molecule has 1 amide bonds. The minimum Gasteiger partial charge on any atom is -0.475 e. The van der Waals surface area contributed by atoms with Crippen molar-refractivity contribution in [3.05, 3.63) is 47.2 Å². The van der Waals surface area contributed by atoms with Gasteiger partial charge in [-0.1, -0.05) is 0 Å². The van der Waals surface area contributed by atoms with Gasteiger partial charge in [-0.05, 0) is 30.2 Å². The van der Waals surface area contributed by atoms with Gasteiger partial charge in [0.1, 0.15) is 6.61 Å². The average molecular weight is 412 g/mol. The van der Waals surface area contributed by atoms with Crippen LogP contribution in [0.5, 0.6) is 5.88 Å². The third kappa shape index (κ3) is 4.52. The minimum absolute atomic E-state index is 0.132. The van der Waals surface area contributed by atoms with Gasteiger partial charge in [0.15, 0.2) is 11.5 Å². The fourth-order valence-electron chi connectivity index (χ4n) is 2.99. The summed E-state index contributed by atoms with van der Waals surface area (Å²) in [5.41, 5.74) is 1.60. The number of rotatable bonds is 0. The van der Waals surface area contributed by atoms with Crippen molar-refractivity contribution in [1.29, 1.82) is 0 Å². The Morgan fingerprint density at radius 1 is 1.14 bits per heavy atom. The van der Waals surface area contributed by atoms with Crippen molar-refractivity contribution in [2.24, 2.45) is 7.05 Å². The summed E-state index contributed by atoms with van der Waals surface area (Å²) in [4.78, 5) is 30.9. The number of nitrogens with one attached hydrogen (secondary N) is 1. The van der Waals surface area contributed by atoms with Gasteiger partial charge in [0.25, 0.3) is 5.91 Å². The van der Waals surface area contributed by atoms with Crippen LogP contribution in [0.4, 0.5) is 5.69 Å². The Bertz CT molecular complexity index is 1040. The normalized spacial score (nSPS) is 15.6. The van der Waals surface area contributed by atoms with E-state index in [1.54, 1.807) is 25.5 Å². The lowest BCUT2D eigenvalue weighted by Gasteiger charge is -2.08. The fourth-order valence-corrected chi connectivity index (χ4v) is 3.88. The molecule has 0 fully saturated rings. The summed E-state index contributed by atoms with van der Waals surface area (Å²) in [7, 11) is 1.72. The molecule has 9 heteroatoms. The summed E-state index contributed by atoms with van der Waals surface area (Å²) >= 11 is 1.36. The molecule has 1 N–H and O–H groups in total. The standard InChI is InChI=1S/C20H20N4O4S/c1-24-12-14-19(23-24)15(25)3-2-8-27-9-10-28-18-11-13(6-7-21-18)16-4-5-17(29-16)20(26)22-14/h4-7,11-12H,2-3,8-10H2,1H3,(H,22,26). The lowest BCUT2D eigenvalue weighted by molar-refractivity contribution is 0.0862. The Morgan fingerprint density at radius 2 is 2.00 bits per heavy atom. The van der Waals surface area contributed by atoms with Crippen LogP contribution >= 0.6 is 11.3 Å². The summed E-state index contributed by atoms with van der Waals surface area (Å²) < 4.78 is 12.7. The number of amides is 1. The van der Waals surface area contributed by atoms with Crippen molar-refractivity contribution in [3.63, 3.8) is 0 Å². The van der Waals surface area contributed by atoms with Crippen LogP contribution in [0.1, 0.15) is 33.0 Å². The van der Waals surface area contributed by atoms with E-state index in [0.29, 0.717) is 42.7 Å². The molecule has 4 rings (SSSR count). The highest BCUT2D eigenvalue weighted by Gasteiger charge is 2.19. The molecule has 0 saturated carbocycles. The number of pyridine rings is 1. The number of nitrogens with zero attached hydrogens (tertiary/aromatic N) is 3. The third-order valence-corrected chi connectivity index (χ3v) is 5.49. The van der Waals surface area contributed by atoms with Gasteiger partial charge < -0.3 is 14.8 Å². The molecule has 0 aromatic carbocycles. The molecule has 0 spiro atoms. The number of hydrogen-bond donors (Lipinski definition) is 1. The van der Waals surface area contributed by atoms with Crippen LogP contribution in [-0.2, 0) is 11.8 Å². The Morgan fingerprint density at radius 3 is 2.90 bits per heavy atom. The molecule has 1 aliphatic heterocycles. The molecule has 0 radical (unpaired) electrons. The summed E-state index contributed by atoms with van der Waals surface area (Å²) in [6, 6.07) is 7.35. The molecule has 0 aliphatic carbocycles. The predicted octanol–water partition coefficient (Wildman–Crippen LogP) is 3.17. The van der Waals surface area contributed by atoms with E-state index < -0.39 is 0 Å². The first-order valence-corrected chi connectivity index (χ1v) is 10.1. The molecule has 3 aromatic heterocycles. The summed E-state index contributed by atoms with van der Waals surface area (Å²) in [5, 5.41) is 7.04. The smallest absolute Gasteiger partial charge is 0.265 e. The number of fused-ring (bicyclic) bond motifs is 6. The van der Waals surface area contributed by atoms with Gasteiger partial charge in [0.05, 0.1) is 17.2 Å². The van der Waals surface area contributed by atoms with Crippen molar-refractivity contribution in [3.8, 4) is 16.3 Å². The van der Waals surface area contributed by atoms with E-state index in [0.717, 1.165) is 10.4 Å². The summed E-state index contributed by atoms with van der Waals surface area (Å²) in [6.07, 6.45) is 4.16. The van der Waals surface area contributed by atoms with Gasteiger partial charge in [0, 0.05) is 43.4 Å². The number of ketones is 1. The lowest BCUT2D eigenvalue weighted by atomic mass is 10.1. The molecule has 0 saturated heterocycles. The van der Waals surface area contributed by atoms with Crippen molar-refractivity contribution < 1.29 is 19.1 Å². The maximum absolute atomic E-state index is 12.7. The molecule has 1 aliphatic rings. The highest BCUT2D eigenvalue weighted by atomic mass is 32.1. The van der Waals surface area contributed by atoms with Crippen LogP contribution in [0.15, 0.2) is 36.7 Å². The van der Waals surface area contributed by atoms with Crippen molar-refractivity contribution in [1.82, 2.24) is 14.8 Å². The molecule has 4 bridgehead atoms. The number of aryl methyl sites for hydroxylation is 1. The Labute approximate surface area is 171 Å². The second-order valence-corrected chi connectivity index (χ2v) is 7.64. The van der Waals surface area contributed by atoms with E-state index in [1.165, 1.54) is 16.0 Å². The van der Waals surface area contributed by atoms with Gasteiger partial charge in [-0.25, -0.2) is 4.98 Å². The number of anilines is 1. The molecule has 4 heterocycles. The topological polar surface area (TPSA) is 95.3 Å². The number of carbonyl (C=O) groups is 2. The van der Waals surface area contributed by atoms with Gasteiger partial charge in [0.2, 0.25) is 5.88 Å². The monoisotopic (exact) mass is 412 g/mol. The van der Waals surface area contributed by atoms with Gasteiger partial charge in [-0.3, -0.25) is 14.3 Å². The Hall–Kier alpha value is -3.04. The third-order valence-electron chi connectivity index (χ3n) is 4.36. The van der Waals surface area contributed by atoms with Crippen LogP contribution in [0, 0.1) is 0 Å². The second-order valence-electron chi connectivity index (χ2n) is 6.55. The second kappa shape index (κ2) is 8.54. The van der Waals surface area contributed by atoms with E-state index in [2.05, 4.69) is 15.4 Å². The highest BCUT2D eigenvalue weighted by molar-refractivity contribution is 7.17. The SMILES string of the molecule is Cn1cc2c(n1)C(=O)CCCOCCOc1cc(ccn1)-c1ccc(s1)C(=O)N2. The van der Waals surface area contributed by atoms with Gasteiger partial charge >= 0.3 is 0 Å². The zero-order valence-electron chi connectivity index (χ0n) is 15.9. The minimum atomic E-state index is -0.279. The van der Waals surface area contributed by atoms with Crippen molar-refractivity contribution >= 4 is 28.7 Å². The van der Waals surface area contributed by atoms with Gasteiger partial charge in [-0.15, -0.1) is 11.3 Å². The quantitative estimate of drug-likeness (QED) is 0.609. The van der Waals surface area contributed by atoms with E-state index >= 15 is 0 Å². The summed E-state index contributed by atoms with van der Waals surface area (Å²) in [5.74, 6) is 0.0907. The van der Waals surface area contributed by atoms with Crippen LogP contribution in [-0.4, -0.2) is 46.3 Å². The molecule has 0 unspecified atom stereocenters. The van der Waals surface area contributed by atoms with Crippen molar-refractivity contribution in [2.45, 2.75) is 12.8 Å². The highest BCUT2D eigenvalue weighted by Crippen LogP contribution is 2.30. The Kier molecular flexibility index (Phi) is 5.68. The van der Waals surface area contributed by atoms with Crippen LogP contribution in [0.2, 0.25) is 0 Å². The zero-order valence-corrected chi connectivity index (χ0v) is 16.7. The average Bonchev–Trinajstić information content (AvgIpc) is 3.34. The molecule has 29 heavy (non-hydrogen) atoms. The fraction of sp³-hybridized carbons (Fsp3) is 0.300. The zero-order chi connectivity index (χ0) is 20.2. The van der Waals surface area contributed by atoms with E-state index in [9.17, 15) is 9.59 Å². The predicted molar refractivity (Wildman–Crippen MR) is 109 cm³/mol. The van der Waals surface area contributed by atoms with E-state index in [4.69, 9.17) is 9.47 Å². The van der Waals surface area contributed by atoms with Crippen LogP contribution in [0.25, 0.3) is 10.4 Å². The Balaban J connectivity index is 1.64. The maximum Gasteiger partial charge on any atom is 0.265 e. The van der Waals surface area contributed by atoms with Crippen molar-refractivity contribution in [2.75, 3.05) is 25.1 Å². The maximum atomic E-state index is 12.7. The van der Waals surface area contributed by atoms with Crippen LogP contribution < -0.4 is 10.1 Å². The number of carbonyl (C=O) groups excluding carboxylic acids is 2. The summed E-state index contributed by atoms with van der Waals surface area (Å²) in [6.45, 7) is 1.22. The van der Waals surface area contributed by atoms with E-state index in [-0.39, 0.29) is 23.8 Å².